The van der Waals surface area contributed by atoms with Crippen molar-refractivity contribution in [3.63, 3.8) is 0 Å². The van der Waals surface area contributed by atoms with Crippen LogP contribution in [0.3, 0.4) is 0 Å². The molecule has 0 saturated carbocycles. The van der Waals surface area contributed by atoms with Gasteiger partial charge in [0.05, 0.1) is 99.8 Å². The average molecular weight is 1550 g/mol. The van der Waals surface area contributed by atoms with Crippen molar-refractivity contribution in [1.82, 2.24) is 20.4 Å². The standard InChI is InChI=1S/C34H42I6N6O16/c35-21-17(31(59)41-7-13(53)9-49)23(37)27(43-29(57)15(55)11-51)25(39)19(21)33(61)45(3-5-47)1-2-46(4-6-48)34(62)20-22(36)18(32(60)42-8-14(54)10-50)24(38)28(26(20)40)44-30(58)16(56)12-52/h13-16,47-56H,1-12H2,(H,41,59)(H,42,60)(H,43,57)(H,44,58). The molecule has 0 aliphatic carbocycles. The molecule has 4 unspecified atom stereocenters. The van der Waals surface area contributed by atoms with E-state index in [4.69, 9.17) is 0 Å². The first-order chi connectivity index (χ1) is 29.2. The third kappa shape index (κ3) is 14.9. The van der Waals surface area contributed by atoms with Crippen LogP contribution in [0.1, 0.15) is 41.4 Å². The fourth-order valence-electron chi connectivity index (χ4n) is 5.06. The van der Waals surface area contributed by atoms with Crippen molar-refractivity contribution in [3.05, 3.63) is 43.7 Å². The summed E-state index contributed by atoms with van der Waals surface area (Å²) < 4.78 is 0.419. The Balaban J connectivity index is 2.77. The molecule has 0 aromatic heterocycles. The number of halogens is 6. The van der Waals surface area contributed by atoms with E-state index in [0.717, 1.165) is 9.80 Å². The van der Waals surface area contributed by atoms with Gasteiger partial charge >= 0.3 is 0 Å². The molecule has 2 rings (SSSR count). The van der Waals surface area contributed by atoms with E-state index in [1.165, 1.54) is 0 Å². The van der Waals surface area contributed by atoms with Crippen LogP contribution in [0, 0.1) is 21.4 Å². The zero-order valence-electron chi connectivity index (χ0n) is 31.9. The number of carbonyl (C=O) groups is 6. The number of carbonyl (C=O) groups excluding carboxylic acids is 6. The zero-order valence-corrected chi connectivity index (χ0v) is 44.8. The lowest BCUT2D eigenvalue weighted by atomic mass is 10.1. The smallest absolute Gasteiger partial charge is 0.256 e. The first kappa shape index (κ1) is 57.4. The molecule has 2 aromatic carbocycles. The van der Waals surface area contributed by atoms with Crippen molar-refractivity contribution in [3.8, 4) is 0 Å². The Bertz CT molecular complexity index is 1850. The van der Waals surface area contributed by atoms with Gasteiger partial charge in [-0.3, -0.25) is 28.8 Å². The van der Waals surface area contributed by atoms with Crippen molar-refractivity contribution in [2.45, 2.75) is 24.4 Å². The molecule has 0 saturated heterocycles. The van der Waals surface area contributed by atoms with E-state index in [-0.39, 0.29) is 81.2 Å². The Morgan fingerprint density at radius 2 is 0.758 bits per heavy atom. The SMILES string of the molecule is O=C(NCC(O)CO)c1c(I)c(NC(=O)C(O)CO)c(I)c(C(=O)N(CCO)CCN(CCO)C(=O)c2c(I)c(NC(=O)C(O)CO)c(I)c(C(=O)NCC(O)CO)c2I)c1I. The maximum Gasteiger partial charge on any atom is 0.256 e. The number of nitrogens with one attached hydrogen (secondary N) is 4. The van der Waals surface area contributed by atoms with Gasteiger partial charge in [0, 0.05) is 46.4 Å². The molecule has 62 heavy (non-hydrogen) atoms. The molecule has 0 aliphatic heterocycles. The molecular weight excluding hydrogens is 1510 g/mol. The van der Waals surface area contributed by atoms with E-state index < -0.39 is 113 Å². The summed E-state index contributed by atoms with van der Waals surface area (Å²) in [6.07, 6.45) is -6.46. The summed E-state index contributed by atoms with van der Waals surface area (Å²) in [6, 6.07) is 0. The number of anilines is 2. The minimum Gasteiger partial charge on any atom is -0.395 e. The Hall–Kier alpha value is -0.760. The number of hydrogen-bond acceptors (Lipinski definition) is 16. The van der Waals surface area contributed by atoms with Gasteiger partial charge in [0.15, 0.2) is 12.2 Å². The highest BCUT2D eigenvalue weighted by molar-refractivity contribution is 14.1. The van der Waals surface area contributed by atoms with Gasteiger partial charge in [-0.15, -0.1) is 0 Å². The molecule has 22 nitrogen and oxygen atoms in total. The second-order valence-corrected chi connectivity index (χ2v) is 19.1. The molecule has 0 heterocycles. The quantitative estimate of drug-likeness (QED) is 0.0518. The molecule has 0 aliphatic rings. The minimum atomic E-state index is -1.89. The van der Waals surface area contributed by atoms with Crippen molar-refractivity contribution in [1.29, 1.82) is 0 Å². The molecule has 346 valence electrons. The summed E-state index contributed by atoms with van der Waals surface area (Å²) in [5.41, 5.74) is -0.865. The number of benzene rings is 2. The highest BCUT2D eigenvalue weighted by atomic mass is 127. The van der Waals surface area contributed by atoms with Crippen LogP contribution in [0.5, 0.6) is 0 Å². The fraction of sp³-hybridized carbons (Fsp3) is 0.471. The lowest BCUT2D eigenvalue weighted by Gasteiger charge is -2.30. The zero-order chi connectivity index (χ0) is 47.2. The van der Waals surface area contributed by atoms with E-state index in [2.05, 4.69) is 21.3 Å². The van der Waals surface area contributed by atoms with Crippen molar-refractivity contribution >= 4 is 182 Å². The van der Waals surface area contributed by atoms with Crippen LogP contribution in [0.2, 0.25) is 0 Å². The second kappa shape index (κ2) is 27.8. The summed E-state index contributed by atoms with van der Waals surface area (Å²) >= 11 is 10.4. The summed E-state index contributed by atoms with van der Waals surface area (Å²) in [4.78, 5) is 83.8. The molecule has 28 heteroatoms. The predicted octanol–water partition coefficient (Wildman–Crippen LogP) is -2.37. The number of amides is 6. The molecule has 4 atom stereocenters. The van der Waals surface area contributed by atoms with Crippen LogP contribution in [0.4, 0.5) is 11.4 Å². The number of rotatable bonds is 23. The number of aliphatic hydroxyl groups is 10. The van der Waals surface area contributed by atoms with Crippen molar-refractivity contribution < 1.29 is 79.8 Å². The van der Waals surface area contributed by atoms with Crippen LogP contribution in [0.15, 0.2) is 0 Å². The molecule has 6 amide bonds. The molecular formula is C34H42I6N6O16. The Labute approximate surface area is 435 Å². The van der Waals surface area contributed by atoms with Gasteiger partial charge in [-0.05, 0) is 136 Å². The molecule has 0 fully saturated rings. The lowest BCUT2D eigenvalue weighted by molar-refractivity contribution is -0.126. The summed E-state index contributed by atoms with van der Waals surface area (Å²) in [6.45, 7) is -6.66. The van der Waals surface area contributed by atoms with Crippen LogP contribution in [-0.4, -0.2) is 200 Å². The third-order valence-electron chi connectivity index (χ3n) is 8.34. The number of aliphatic hydroxyl groups excluding tert-OH is 10. The molecule has 14 N–H and O–H groups in total. The van der Waals surface area contributed by atoms with Crippen LogP contribution in [-0.2, 0) is 9.59 Å². The maximum atomic E-state index is 14.5. The average Bonchev–Trinajstić information content (AvgIpc) is 3.24. The third-order valence-corrected chi connectivity index (χ3v) is 14.8. The van der Waals surface area contributed by atoms with Crippen LogP contribution >= 0.6 is 136 Å². The minimum absolute atomic E-state index is 0.0468. The monoisotopic (exact) mass is 1550 g/mol. The second-order valence-electron chi connectivity index (χ2n) is 12.6. The summed E-state index contributed by atoms with van der Waals surface area (Å²) in [5, 5.41) is 107. The van der Waals surface area contributed by atoms with Gasteiger partial charge in [-0.2, -0.15) is 0 Å². The highest BCUT2D eigenvalue weighted by Gasteiger charge is 2.34. The Morgan fingerprint density at radius 3 is 1.03 bits per heavy atom. The van der Waals surface area contributed by atoms with Gasteiger partial charge in [0.1, 0.15) is 0 Å². The number of nitrogens with zero attached hydrogens (tertiary/aromatic N) is 2. The lowest BCUT2D eigenvalue weighted by Crippen LogP contribution is -2.44. The van der Waals surface area contributed by atoms with Gasteiger partial charge in [-0.25, -0.2) is 0 Å². The summed E-state index contributed by atoms with van der Waals surface area (Å²) in [5.74, 6) is -5.46. The number of hydrogen-bond donors (Lipinski definition) is 14. The van der Waals surface area contributed by atoms with Gasteiger partial charge < -0.3 is 82.1 Å². The van der Waals surface area contributed by atoms with Crippen LogP contribution in [0.25, 0.3) is 0 Å². The van der Waals surface area contributed by atoms with Gasteiger partial charge in [0.2, 0.25) is 0 Å². The van der Waals surface area contributed by atoms with E-state index in [1.54, 1.807) is 136 Å². The molecule has 2 aromatic rings. The molecule has 0 spiro atoms. The van der Waals surface area contributed by atoms with E-state index in [1.807, 2.05) is 0 Å². The predicted molar refractivity (Wildman–Crippen MR) is 269 cm³/mol. The van der Waals surface area contributed by atoms with Crippen molar-refractivity contribution in [2.24, 2.45) is 0 Å². The van der Waals surface area contributed by atoms with E-state index in [9.17, 15) is 79.8 Å². The first-order valence-electron chi connectivity index (χ1n) is 17.7. The van der Waals surface area contributed by atoms with E-state index >= 15 is 0 Å². The topological polar surface area (TPSA) is 359 Å². The van der Waals surface area contributed by atoms with Crippen LogP contribution < -0.4 is 21.3 Å². The molecule has 0 bridgehead atoms. The first-order valence-corrected chi connectivity index (χ1v) is 24.2. The Morgan fingerprint density at radius 1 is 0.452 bits per heavy atom. The Kier molecular flexibility index (Phi) is 25.7. The van der Waals surface area contributed by atoms with Gasteiger partial charge in [0.25, 0.3) is 35.4 Å². The molecule has 0 radical (unpaired) electrons. The maximum absolute atomic E-state index is 14.5. The van der Waals surface area contributed by atoms with Gasteiger partial charge in [-0.1, -0.05) is 0 Å². The summed E-state index contributed by atoms with van der Waals surface area (Å²) in [7, 11) is 0. The van der Waals surface area contributed by atoms with Crippen molar-refractivity contribution in [2.75, 3.05) is 89.5 Å². The van der Waals surface area contributed by atoms with E-state index in [0.29, 0.717) is 0 Å². The normalized spacial score (nSPS) is 13.1. The largest absolute Gasteiger partial charge is 0.395 e. The fourth-order valence-corrected chi connectivity index (χ4v) is 13.8. The highest BCUT2D eigenvalue weighted by Crippen LogP contribution is 2.38.